The van der Waals surface area contributed by atoms with Crippen molar-refractivity contribution in [1.82, 2.24) is 20.0 Å². The Morgan fingerprint density at radius 1 is 1.09 bits per heavy atom. The highest BCUT2D eigenvalue weighted by Crippen LogP contribution is 2.40. The van der Waals surface area contributed by atoms with Gasteiger partial charge in [0.05, 0.1) is 18.3 Å². The standard InChI is InChI=1S/C24H20F4N4O2/c1-3-23(34,24(26,27)28)22-13-32(31-30-22)12-15-4-9-18-19(16-5-7-17(25)8-6-16)11-20(14(2)33)29-21(18)10-15/h4-11,13,34H,3,12H2,1-2H3/t23-/m0/s1. The van der Waals surface area contributed by atoms with Crippen LogP contribution in [0.5, 0.6) is 0 Å². The molecule has 0 saturated heterocycles. The maximum absolute atomic E-state index is 13.4. The van der Waals surface area contributed by atoms with Crippen LogP contribution in [0.25, 0.3) is 22.0 Å². The topological polar surface area (TPSA) is 80.9 Å². The van der Waals surface area contributed by atoms with Gasteiger partial charge in [0.2, 0.25) is 5.60 Å². The first kappa shape index (κ1) is 23.5. The average Bonchev–Trinajstić information content (AvgIpc) is 3.26. The molecule has 2 heterocycles. The first-order valence-electron chi connectivity index (χ1n) is 10.4. The molecule has 0 saturated carbocycles. The number of carbonyl (C=O) groups is 1. The lowest BCUT2D eigenvalue weighted by Crippen LogP contribution is -2.42. The van der Waals surface area contributed by atoms with Crippen LogP contribution < -0.4 is 0 Å². The number of carbonyl (C=O) groups excluding carboxylic acids is 1. The van der Waals surface area contributed by atoms with E-state index in [1.54, 1.807) is 36.4 Å². The molecule has 1 atom stereocenters. The average molecular weight is 472 g/mol. The number of Topliss-reactive ketones (excluding diaryl/α,β-unsaturated/α-hetero) is 1. The summed E-state index contributed by atoms with van der Waals surface area (Å²) in [7, 11) is 0. The van der Waals surface area contributed by atoms with Crippen molar-refractivity contribution >= 4 is 16.7 Å². The van der Waals surface area contributed by atoms with Crippen LogP contribution >= 0.6 is 0 Å². The first-order chi connectivity index (χ1) is 16.0. The van der Waals surface area contributed by atoms with Crippen molar-refractivity contribution in [2.45, 2.75) is 38.6 Å². The van der Waals surface area contributed by atoms with Crippen LogP contribution in [0, 0.1) is 5.82 Å². The Balaban J connectivity index is 1.73. The summed E-state index contributed by atoms with van der Waals surface area (Å²) in [4.78, 5) is 16.5. The highest BCUT2D eigenvalue weighted by atomic mass is 19.4. The van der Waals surface area contributed by atoms with Gasteiger partial charge in [0.25, 0.3) is 0 Å². The van der Waals surface area contributed by atoms with E-state index < -0.39 is 23.9 Å². The van der Waals surface area contributed by atoms with Crippen molar-refractivity contribution in [3.05, 3.63) is 77.5 Å². The van der Waals surface area contributed by atoms with Crippen molar-refractivity contribution in [1.29, 1.82) is 0 Å². The number of alkyl halides is 3. The van der Waals surface area contributed by atoms with Crippen molar-refractivity contribution < 1.29 is 27.5 Å². The molecule has 4 rings (SSSR count). The van der Waals surface area contributed by atoms with E-state index in [4.69, 9.17) is 0 Å². The fourth-order valence-corrected chi connectivity index (χ4v) is 3.70. The minimum absolute atomic E-state index is 0.0679. The first-order valence-corrected chi connectivity index (χ1v) is 10.4. The van der Waals surface area contributed by atoms with Crippen molar-refractivity contribution in [3.8, 4) is 11.1 Å². The number of aliphatic hydroxyl groups is 1. The summed E-state index contributed by atoms with van der Waals surface area (Å²) in [6, 6.07) is 12.7. The molecule has 1 N–H and O–H groups in total. The predicted molar refractivity (Wildman–Crippen MR) is 117 cm³/mol. The molecule has 0 aliphatic rings. The van der Waals surface area contributed by atoms with Crippen LogP contribution in [0.15, 0.2) is 54.7 Å². The molecule has 0 aliphatic carbocycles. The van der Waals surface area contributed by atoms with Crippen LogP contribution in [-0.2, 0) is 12.1 Å². The molecule has 2 aromatic carbocycles. The molecule has 10 heteroatoms. The van der Waals surface area contributed by atoms with Gasteiger partial charge in [0, 0.05) is 12.3 Å². The van der Waals surface area contributed by atoms with Gasteiger partial charge in [-0.3, -0.25) is 4.79 Å². The molecule has 34 heavy (non-hydrogen) atoms. The zero-order valence-electron chi connectivity index (χ0n) is 18.3. The van der Waals surface area contributed by atoms with E-state index in [0.29, 0.717) is 22.2 Å². The quantitative estimate of drug-likeness (QED) is 0.314. The van der Waals surface area contributed by atoms with Crippen molar-refractivity contribution in [2.75, 3.05) is 0 Å². The molecule has 0 radical (unpaired) electrons. The summed E-state index contributed by atoms with van der Waals surface area (Å²) in [6.45, 7) is 2.67. The van der Waals surface area contributed by atoms with Gasteiger partial charge in [0.1, 0.15) is 17.2 Å². The lowest BCUT2D eigenvalue weighted by Gasteiger charge is -2.26. The third-order valence-electron chi connectivity index (χ3n) is 5.68. The minimum atomic E-state index is -4.89. The van der Waals surface area contributed by atoms with Crippen LogP contribution in [0.4, 0.5) is 17.6 Å². The third-order valence-corrected chi connectivity index (χ3v) is 5.68. The lowest BCUT2D eigenvalue weighted by molar-refractivity contribution is -0.269. The van der Waals surface area contributed by atoms with Gasteiger partial charge in [-0.05, 0) is 47.4 Å². The van der Waals surface area contributed by atoms with Crippen molar-refractivity contribution in [2.24, 2.45) is 0 Å². The van der Waals surface area contributed by atoms with E-state index in [1.165, 1.54) is 30.7 Å². The molecule has 0 fully saturated rings. The Morgan fingerprint density at radius 2 is 1.79 bits per heavy atom. The van der Waals surface area contributed by atoms with Gasteiger partial charge in [-0.15, -0.1) is 5.10 Å². The van der Waals surface area contributed by atoms with Gasteiger partial charge in [-0.1, -0.05) is 36.4 Å². The maximum Gasteiger partial charge on any atom is 0.423 e. The summed E-state index contributed by atoms with van der Waals surface area (Å²) >= 11 is 0. The number of pyridine rings is 1. The molecule has 0 bridgehead atoms. The fourth-order valence-electron chi connectivity index (χ4n) is 3.70. The molecule has 0 amide bonds. The second-order valence-corrected chi connectivity index (χ2v) is 7.98. The Morgan fingerprint density at radius 3 is 2.41 bits per heavy atom. The smallest absolute Gasteiger partial charge is 0.375 e. The molecule has 0 unspecified atom stereocenters. The molecular weight excluding hydrogens is 452 g/mol. The fraction of sp³-hybridized carbons (Fsp3) is 0.250. The summed E-state index contributed by atoms with van der Waals surface area (Å²) in [5.74, 6) is -0.633. The molecule has 0 aliphatic heterocycles. The lowest BCUT2D eigenvalue weighted by atomic mass is 9.96. The van der Waals surface area contributed by atoms with E-state index >= 15 is 0 Å². The zero-order chi connectivity index (χ0) is 24.7. The van der Waals surface area contributed by atoms with Gasteiger partial charge in [-0.25, -0.2) is 14.1 Å². The Labute approximate surface area is 191 Å². The molecule has 6 nitrogen and oxygen atoms in total. The van der Waals surface area contributed by atoms with Gasteiger partial charge >= 0.3 is 6.18 Å². The molecule has 0 spiro atoms. The monoisotopic (exact) mass is 472 g/mol. The Bertz CT molecular complexity index is 1370. The number of hydrogen-bond donors (Lipinski definition) is 1. The SMILES string of the molecule is CC[C@](O)(c1cn(Cc2ccc3c(-c4ccc(F)cc4)cc(C(C)=O)nc3c2)nn1)C(F)(F)F. The number of ketones is 1. The second kappa shape index (κ2) is 8.60. The number of rotatable bonds is 6. The van der Waals surface area contributed by atoms with E-state index in [0.717, 1.165) is 11.6 Å². The number of aromatic nitrogens is 4. The third kappa shape index (κ3) is 4.28. The van der Waals surface area contributed by atoms with E-state index in [9.17, 15) is 27.5 Å². The largest absolute Gasteiger partial charge is 0.423 e. The Kier molecular flexibility index (Phi) is 5.94. The summed E-state index contributed by atoms with van der Waals surface area (Å²) in [6.07, 6.45) is -4.44. The van der Waals surface area contributed by atoms with E-state index in [-0.39, 0.29) is 23.8 Å². The molecular formula is C24H20F4N4O2. The maximum atomic E-state index is 13.4. The normalized spacial score (nSPS) is 13.7. The van der Waals surface area contributed by atoms with Crippen LogP contribution in [0.1, 0.15) is 42.0 Å². The van der Waals surface area contributed by atoms with Crippen LogP contribution in [-0.4, -0.2) is 37.0 Å². The van der Waals surface area contributed by atoms with E-state index in [2.05, 4.69) is 15.3 Å². The minimum Gasteiger partial charge on any atom is -0.375 e. The van der Waals surface area contributed by atoms with Gasteiger partial charge < -0.3 is 5.11 Å². The molecule has 176 valence electrons. The number of benzene rings is 2. The van der Waals surface area contributed by atoms with Crippen molar-refractivity contribution in [3.63, 3.8) is 0 Å². The zero-order valence-corrected chi connectivity index (χ0v) is 18.3. The Hall–Kier alpha value is -3.66. The summed E-state index contributed by atoms with van der Waals surface area (Å²) in [5.41, 5.74) is -0.904. The number of fused-ring (bicyclic) bond motifs is 1. The van der Waals surface area contributed by atoms with Crippen LogP contribution in [0.2, 0.25) is 0 Å². The summed E-state index contributed by atoms with van der Waals surface area (Å²) in [5, 5.41) is 18.1. The van der Waals surface area contributed by atoms with E-state index in [1.807, 2.05) is 0 Å². The highest BCUT2D eigenvalue weighted by Gasteiger charge is 2.55. The predicted octanol–water partition coefficient (Wildman–Crippen LogP) is 5.04. The van der Waals surface area contributed by atoms with Gasteiger partial charge in [0.15, 0.2) is 5.78 Å². The number of halogens is 4. The van der Waals surface area contributed by atoms with Crippen LogP contribution in [0.3, 0.4) is 0 Å². The summed E-state index contributed by atoms with van der Waals surface area (Å²) < 4.78 is 54.5. The number of hydrogen-bond acceptors (Lipinski definition) is 5. The number of nitrogens with zero attached hydrogens (tertiary/aromatic N) is 4. The molecule has 2 aromatic heterocycles. The molecule has 4 aromatic rings. The second-order valence-electron chi connectivity index (χ2n) is 7.98. The van der Waals surface area contributed by atoms with Gasteiger partial charge in [-0.2, -0.15) is 13.2 Å². The highest BCUT2D eigenvalue weighted by molar-refractivity contribution is 6.01.